The molecule has 88 valence electrons. The maximum absolute atomic E-state index is 5.80. The molecule has 1 atom stereocenters. The number of nitrogens with two attached hydrogens (primary N) is 1. The molecule has 0 fully saturated rings. The first-order chi connectivity index (χ1) is 8.15. The normalized spacial score (nSPS) is 12.2. The Bertz CT molecular complexity index is 499. The Balaban J connectivity index is 2.14. The lowest BCUT2D eigenvalue weighted by molar-refractivity contribution is 0.477. The van der Waals surface area contributed by atoms with Crippen LogP contribution in [0.25, 0.3) is 0 Å². The Labute approximate surface area is 104 Å². The van der Waals surface area contributed by atoms with Crippen LogP contribution in [0.3, 0.4) is 0 Å². The van der Waals surface area contributed by atoms with Crippen molar-refractivity contribution in [1.82, 2.24) is 9.97 Å². The van der Waals surface area contributed by atoms with Gasteiger partial charge in [0.25, 0.3) is 0 Å². The van der Waals surface area contributed by atoms with Gasteiger partial charge < -0.3 is 10.5 Å². The molecule has 2 aromatic heterocycles. The van der Waals surface area contributed by atoms with Crippen molar-refractivity contribution in [2.75, 3.05) is 0 Å². The van der Waals surface area contributed by atoms with Gasteiger partial charge in [0.05, 0.1) is 23.1 Å². The van der Waals surface area contributed by atoms with E-state index in [-0.39, 0.29) is 6.04 Å². The summed E-state index contributed by atoms with van der Waals surface area (Å²) in [6, 6.07) is 5.25. The van der Waals surface area contributed by atoms with Gasteiger partial charge in [-0.2, -0.15) is 0 Å². The van der Waals surface area contributed by atoms with Crippen molar-refractivity contribution in [2.45, 2.75) is 13.0 Å². The summed E-state index contributed by atoms with van der Waals surface area (Å²) in [5.41, 5.74) is 6.53. The number of rotatable bonds is 3. The maximum atomic E-state index is 5.80. The zero-order valence-electron chi connectivity index (χ0n) is 9.30. The summed E-state index contributed by atoms with van der Waals surface area (Å²) < 4.78 is 5.54. The lowest BCUT2D eigenvalue weighted by Crippen LogP contribution is -2.06. The minimum absolute atomic E-state index is 0.0862. The van der Waals surface area contributed by atoms with Gasteiger partial charge in [0.15, 0.2) is 0 Å². The standard InChI is InChI=1S/C12H12ClN3O/c1-8(14)12-3-2-10(7-16-12)17-11-4-9(13)5-15-6-11/h2-8H,14H2,1H3/t8-/m0/s1. The van der Waals surface area contributed by atoms with E-state index >= 15 is 0 Å². The second-order valence-corrected chi connectivity index (χ2v) is 4.08. The van der Waals surface area contributed by atoms with Crippen LogP contribution in [0.15, 0.2) is 36.8 Å². The number of hydrogen-bond acceptors (Lipinski definition) is 4. The van der Waals surface area contributed by atoms with Gasteiger partial charge in [0.1, 0.15) is 11.5 Å². The Morgan fingerprint density at radius 2 is 2.06 bits per heavy atom. The highest BCUT2D eigenvalue weighted by atomic mass is 35.5. The van der Waals surface area contributed by atoms with E-state index in [1.54, 1.807) is 24.7 Å². The Morgan fingerprint density at radius 1 is 1.24 bits per heavy atom. The first kappa shape index (κ1) is 11.8. The van der Waals surface area contributed by atoms with Crippen molar-refractivity contribution < 1.29 is 4.74 Å². The minimum Gasteiger partial charge on any atom is -0.454 e. The van der Waals surface area contributed by atoms with Gasteiger partial charge >= 0.3 is 0 Å². The Hall–Kier alpha value is -1.65. The van der Waals surface area contributed by atoms with Crippen molar-refractivity contribution in [3.05, 3.63) is 47.5 Å². The molecule has 0 spiro atoms. The van der Waals surface area contributed by atoms with Crippen LogP contribution in [0.1, 0.15) is 18.7 Å². The molecule has 2 heterocycles. The largest absolute Gasteiger partial charge is 0.454 e. The van der Waals surface area contributed by atoms with Crippen LogP contribution in [0.2, 0.25) is 5.02 Å². The lowest BCUT2D eigenvalue weighted by Gasteiger charge is -2.07. The third-order valence-electron chi connectivity index (χ3n) is 2.14. The van der Waals surface area contributed by atoms with Gasteiger partial charge in [0, 0.05) is 18.3 Å². The van der Waals surface area contributed by atoms with Crippen LogP contribution in [0.5, 0.6) is 11.5 Å². The summed E-state index contributed by atoms with van der Waals surface area (Å²) in [5, 5.41) is 0.530. The van der Waals surface area contributed by atoms with Crippen LogP contribution in [-0.4, -0.2) is 9.97 Å². The fraction of sp³-hybridized carbons (Fsp3) is 0.167. The molecule has 0 radical (unpaired) electrons. The molecule has 0 unspecified atom stereocenters. The van der Waals surface area contributed by atoms with E-state index in [0.29, 0.717) is 16.5 Å². The SMILES string of the molecule is C[C@H](N)c1ccc(Oc2cncc(Cl)c2)cn1. The van der Waals surface area contributed by atoms with E-state index in [1.165, 1.54) is 0 Å². The monoisotopic (exact) mass is 249 g/mol. The molecule has 0 bridgehead atoms. The maximum Gasteiger partial charge on any atom is 0.147 e. The van der Waals surface area contributed by atoms with Gasteiger partial charge in [-0.05, 0) is 19.1 Å². The molecule has 0 aliphatic carbocycles. The summed E-state index contributed by atoms with van der Waals surface area (Å²) >= 11 is 5.80. The first-order valence-corrected chi connectivity index (χ1v) is 5.53. The van der Waals surface area contributed by atoms with Crippen LogP contribution >= 0.6 is 11.6 Å². The average Bonchev–Trinajstić information content (AvgIpc) is 2.29. The highest BCUT2D eigenvalue weighted by Gasteiger charge is 2.02. The second kappa shape index (κ2) is 5.12. The molecule has 2 rings (SSSR count). The van der Waals surface area contributed by atoms with Crippen LogP contribution in [0, 0.1) is 0 Å². The zero-order valence-corrected chi connectivity index (χ0v) is 10.1. The van der Waals surface area contributed by atoms with Gasteiger partial charge in [-0.3, -0.25) is 9.97 Å². The van der Waals surface area contributed by atoms with Crippen LogP contribution in [0.4, 0.5) is 0 Å². The van der Waals surface area contributed by atoms with E-state index in [0.717, 1.165) is 5.69 Å². The highest BCUT2D eigenvalue weighted by molar-refractivity contribution is 6.30. The number of halogens is 1. The molecule has 0 aliphatic heterocycles. The van der Waals surface area contributed by atoms with Crippen molar-refractivity contribution in [3.63, 3.8) is 0 Å². The average molecular weight is 250 g/mol. The Morgan fingerprint density at radius 3 is 2.65 bits per heavy atom. The number of hydrogen-bond donors (Lipinski definition) is 1. The molecule has 0 saturated carbocycles. The number of pyridine rings is 2. The molecule has 5 heteroatoms. The summed E-state index contributed by atoms with van der Waals surface area (Å²) in [7, 11) is 0. The topological polar surface area (TPSA) is 61.0 Å². The zero-order chi connectivity index (χ0) is 12.3. The van der Waals surface area contributed by atoms with Crippen molar-refractivity contribution in [1.29, 1.82) is 0 Å². The molecule has 2 aromatic rings. The first-order valence-electron chi connectivity index (χ1n) is 5.15. The summed E-state index contributed by atoms with van der Waals surface area (Å²) in [6.45, 7) is 1.88. The molecule has 4 nitrogen and oxygen atoms in total. The van der Waals surface area contributed by atoms with Crippen molar-refractivity contribution in [3.8, 4) is 11.5 Å². The van der Waals surface area contributed by atoms with E-state index < -0.39 is 0 Å². The Kier molecular flexibility index (Phi) is 3.56. The third-order valence-corrected chi connectivity index (χ3v) is 2.35. The fourth-order valence-electron chi connectivity index (χ4n) is 1.31. The van der Waals surface area contributed by atoms with Gasteiger partial charge in [-0.25, -0.2) is 0 Å². The summed E-state index contributed by atoms with van der Waals surface area (Å²) in [6.07, 6.45) is 4.76. The molecular formula is C12H12ClN3O. The molecular weight excluding hydrogens is 238 g/mol. The fourth-order valence-corrected chi connectivity index (χ4v) is 1.47. The van der Waals surface area contributed by atoms with Gasteiger partial charge in [-0.15, -0.1) is 0 Å². The van der Waals surface area contributed by atoms with E-state index in [1.807, 2.05) is 19.1 Å². The lowest BCUT2D eigenvalue weighted by atomic mass is 10.2. The third kappa shape index (κ3) is 3.15. The molecule has 2 N–H and O–H groups in total. The number of ether oxygens (including phenoxy) is 1. The predicted octanol–water partition coefficient (Wildman–Crippen LogP) is 2.94. The van der Waals surface area contributed by atoms with Crippen LogP contribution < -0.4 is 10.5 Å². The van der Waals surface area contributed by atoms with Crippen molar-refractivity contribution in [2.24, 2.45) is 5.73 Å². The van der Waals surface area contributed by atoms with Crippen molar-refractivity contribution >= 4 is 11.6 Å². The van der Waals surface area contributed by atoms with Gasteiger partial charge in [0.2, 0.25) is 0 Å². The molecule has 0 saturated heterocycles. The molecule has 0 amide bonds. The molecule has 0 aliphatic rings. The quantitative estimate of drug-likeness (QED) is 0.909. The highest BCUT2D eigenvalue weighted by Crippen LogP contribution is 2.22. The minimum atomic E-state index is -0.0862. The van der Waals surface area contributed by atoms with E-state index in [9.17, 15) is 0 Å². The van der Waals surface area contributed by atoms with E-state index in [2.05, 4.69) is 9.97 Å². The molecule has 0 aromatic carbocycles. The predicted molar refractivity (Wildman–Crippen MR) is 66.2 cm³/mol. The number of nitrogens with zero attached hydrogens (tertiary/aromatic N) is 2. The summed E-state index contributed by atoms with van der Waals surface area (Å²) in [4.78, 5) is 8.12. The van der Waals surface area contributed by atoms with E-state index in [4.69, 9.17) is 22.1 Å². The molecule has 17 heavy (non-hydrogen) atoms. The van der Waals surface area contributed by atoms with Crippen LogP contribution in [-0.2, 0) is 0 Å². The smallest absolute Gasteiger partial charge is 0.147 e. The number of aromatic nitrogens is 2. The summed E-state index contributed by atoms with van der Waals surface area (Å²) in [5.74, 6) is 1.20. The van der Waals surface area contributed by atoms with Gasteiger partial charge in [-0.1, -0.05) is 11.6 Å². The second-order valence-electron chi connectivity index (χ2n) is 3.65.